The quantitative estimate of drug-likeness (QED) is 0.366. The summed E-state index contributed by atoms with van der Waals surface area (Å²) in [5.41, 5.74) is -0.511. The lowest BCUT2D eigenvalue weighted by atomic mass is 10.2. The topological polar surface area (TPSA) is 88.9 Å². The predicted molar refractivity (Wildman–Crippen MR) is 101 cm³/mol. The number of hydrogen-bond acceptors (Lipinski definition) is 5. The first-order chi connectivity index (χ1) is 13.9. The molecule has 1 aromatic heterocycles. The number of hydrogen-bond donors (Lipinski definition) is 2. The van der Waals surface area contributed by atoms with Crippen LogP contribution < -0.4 is 10.6 Å². The summed E-state index contributed by atoms with van der Waals surface area (Å²) in [5.74, 6) is -4.51. The van der Waals surface area contributed by atoms with Gasteiger partial charge in [-0.15, -0.1) is 16.8 Å². The molecule has 1 heterocycles. The van der Waals surface area contributed by atoms with Crippen LogP contribution >= 0.6 is 11.8 Å². The van der Waals surface area contributed by atoms with E-state index in [1.807, 2.05) is 4.57 Å². The van der Waals surface area contributed by atoms with Gasteiger partial charge in [-0.2, -0.15) is 0 Å². The van der Waals surface area contributed by atoms with E-state index in [0.717, 1.165) is 24.7 Å². The highest BCUT2D eigenvalue weighted by Crippen LogP contribution is 2.40. The minimum Gasteiger partial charge on any atom is -0.346 e. The van der Waals surface area contributed by atoms with Gasteiger partial charge in [-0.3, -0.25) is 9.59 Å². The van der Waals surface area contributed by atoms with Crippen molar-refractivity contribution >= 4 is 29.3 Å². The molecule has 0 bridgehead atoms. The molecule has 0 aliphatic heterocycles. The van der Waals surface area contributed by atoms with Gasteiger partial charge in [0, 0.05) is 12.5 Å². The van der Waals surface area contributed by atoms with Crippen molar-refractivity contribution in [2.45, 2.75) is 30.5 Å². The molecule has 1 fully saturated rings. The van der Waals surface area contributed by atoms with E-state index in [9.17, 15) is 22.8 Å². The molecule has 0 unspecified atom stereocenters. The number of carbonyl (C=O) groups is 2. The van der Waals surface area contributed by atoms with Crippen molar-refractivity contribution in [2.75, 3.05) is 17.6 Å². The van der Waals surface area contributed by atoms with Crippen LogP contribution in [0.2, 0.25) is 0 Å². The largest absolute Gasteiger partial charge is 0.346 e. The van der Waals surface area contributed by atoms with Gasteiger partial charge in [-0.05, 0) is 25.0 Å². The summed E-state index contributed by atoms with van der Waals surface area (Å²) < 4.78 is 41.5. The lowest BCUT2D eigenvalue weighted by molar-refractivity contribution is -0.122. The number of halogens is 3. The van der Waals surface area contributed by atoms with Crippen molar-refractivity contribution in [1.82, 2.24) is 20.1 Å². The van der Waals surface area contributed by atoms with E-state index in [4.69, 9.17) is 0 Å². The van der Waals surface area contributed by atoms with Crippen LogP contribution in [0, 0.1) is 17.5 Å². The first kappa shape index (κ1) is 20.9. The fourth-order valence-electron chi connectivity index (χ4n) is 2.53. The molecule has 1 aromatic carbocycles. The van der Waals surface area contributed by atoms with E-state index in [1.165, 1.54) is 11.8 Å². The molecule has 0 spiro atoms. The van der Waals surface area contributed by atoms with Crippen LogP contribution in [0.4, 0.5) is 18.9 Å². The Morgan fingerprint density at radius 2 is 1.97 bits per heavy atom. The maximum atomic E-state index is 13.6. The van der Waals surface area contributed by atoms with Gasteiger partial charge in [0.1, 0.15) is 5.82 Å². The zero-order valence-corrected chi connectivity index (χ0v) is 16.1. The maximum Gasteiger partial charge on any atom is 0.243 e. The number of aromatic nitrogens is 3. The Bertz CT molecular complexity index is 946. The summed E-state index contributed by atoms with van der Waals surface area (Å²) in [7, 11) is 0. The van der Waals surface area contributed by atoms with Gasteiger partial charge in [0.15, 0.2) is 22.6 Å². The SMILES string of the molecule is C=CCn1c(SCC(=O)NCC(=O)Nc2ccc(F)c(F)c2F)nnc1C1CC1. The summed E-state index contributed by atoms with van der Waals surface area (Å²) in [6.45, 7) is 3.79. The molecule has 2 N–H and O–H groups in total. The van der Waals surface area contributed by atoms with Crippen molar-refractivity contribution in [3.8, 4) is 0 Å². The van der Waals surface area contributed by atoms with Gasteiger partial charge in [0.2, 0.25) is 11.8 Å². The number of allylic oxidation sites excluding steroid dienone is 1. The van der Waals surface area contributed by atoms with Gasteiger partial charge in [0.25, 0.3) is 0 Å². The number of rotatable bonds is 9. The van der Waals surface area contributed by atoms with Gasteiger partial charge < -0.3 is 15.2 Å². The van der Waals surface area contributed by atoms with Crippen molar-refractivity contribution in [3.63, 3.8) is 0 Å². The highest BCUT2D eigenvalue weighted by molar-refractivity contribution is 7.99. The van der Waals surface area contributed by atoms with E-state index in [-0.39, 0.29) is 5.75 Å². The normalized spacial score (nSPS) is 13.2. The fraction of sp³-hybridized carbons (Fsp3) is 0.333. The van der Waals surface area contributed by atoms with E-state index >= 15 is 0 Å². The standard InChI is InChI=1S/C18H18F3N5O2S/c1-2-7-26-17(10-3-4-10)24-25-18(26)29-9-14(28)22-8-13(27)23-12-6-5-11(19)15(20)16(12)21/h2,5-6,10H,1,3-4,7-9H2,(H,22,28)(H,23,27). The van der Waals surface area contributed by atoms with Crippen LogP contribution in [0.25, 0.3) is 0 Å². The summed E-state index contributed by atoms with van der Waals surface area (Å²) >= 11 is 1.17. The lowest BCUT2D eigenvalue weighted by Gasteiger charge is -2.09. The molecule has 7 nitrogen and oxygen atoms in total. The van der Waals surface area contributed by atoms with E-state index in [1.54, 1.807) is 6.08 Å². The highest BCUT2D eigenvalue weighted by Gasteiger charge is 2.30. The Labute approximate surface area is 168 Å². The zero-order chi connectivity index (χ0) is 21.0. The molecular formula is C18H18F3N5O2S. The second kappa shape index (κ2) is 9.12. The third kappa shape index (κ3) is 5.17. The molecule has 1 saturated carbocycles. The number of carbonyl (C=O) groups excluding carboxylic acids is 2. The molecule has 1 aliphatic carbocycles. The average Bonchev–Trinajstić information content (AvgIpc) is 3.47. The minimum absolute atomic E-state index is 0.00718. The highest BCUT2D eigenvalue weighted by atomic mass is 32.2. The summed E-state index contributed by atoms with van der Waals surface area (Å²) in [5, 5.41) is 13.3. The van der Waals surface area contributed by atoms with Crippen LogP contribution in [0.5, 0.6) is 0 Å². The number of thioether (sulfide) groups is 1. The number of anilines is 1. The van der Waals surface area contributed by atoms with Crippen LogP contribution in [-0.2, 0) is 16.1 Å². The number of benzene rings is 1. The maximum absolute atomic E-state index is 13.6. The van der Waals surface area contributed by atoms with Gasteiger partial charge in [-0.25, -0.2) is 13.2 Å². The molecule has 3 rings (SSSR count). The van der Waals surface area contributed by atoms with Crippen LogP contribution in [-0.4, -0.2) is 38.9 Å². The first-order valence-electron chi connectivity index (χ1n) is 8.77. The Hall–Kier alpha value is -2.82. The second-order valence-corrected chi connectivity index (χ2v) is 7.29. The Balaban J connectivity index is 1.48. The van der Waals surface area contributed by atoms with E-state index in [0.29, 0.717) is 23.7 Å². The van der Waals surface area contributed by atoms with Crippen LogP contribution in [0.1, 0.15) is 24.6 Å². The Kier molecular flexibility index (Phi) is 6.57. The molecule has 29 heavy (non-hydrogen) atoms. The fourth-order valence-corrected chi connectivity index (χ4v) is 3.31. The van der Waals surface area contributed by atoms with Crippen LogP contribution in [0.15, 0.2) is 29.9 Å². The number of amides is 2. The minimum atomic E-state index is -1.68. The third-order valence-electron chi connectivity index (χ3n) is 4.09. The number of nitrogens with zero attached hydrogens (tertiary/aromatic N) is 3. The molecule has 11 heteroatoms. The van der Waals surface area contributed by atoms with Crippen molar-refractivity contribution in [3.05, 3.63) is 48.1 Å². The summed E-state index contributed by atoms with van der Waals surface area (Å²) in [6, 6.07) is 1.59. The Morgan fingerprint density at radius 1 is 1.21 bits per heavy atom. The van der Waals surface area contributed by atoms with Crippen molar-refractivity contribution in [2.24, 2.45) is 0 Å². The molecule has 1 aliphatic rings. The first-order valence-corrected chi connectivity index (χ1v) is 9.76. The molecule has 0 radical (unpaired) electrons. The van der Waals surface area contributed by atoms with Gasteiger partial charge in [-0.1, -0.05) is 17.8 Å². The van der Waals surface area contributed by atoms with Crippen molar-refractivity contribution in [1.29, 1.82) is 0 Å². The van der Waals surface area contributed by atoms with Gasteiger partial charge in [0.05, 0.1) is 18.0 Å². The molecule has 0 saturated heterocycles. The molecule has 2 aromatic rings. The van der Waals surface area contributed by atoms with E-state index < -0.39 is 41.5 Å². The molecule has 2 amide bonds. The Morgan fingerprint density at radius 3 is 2.66 bits per heavy atom. The van der Waals surface area contributed by atoms with Crippen LogP contribution in [0.3, 0.4) is 0 Å². The molecular weight excluding hydrogens is 407 g/mol. The third-order valence-corrected chi connectivity index (χ3v) is 5.05. The smallest absolute Gasteiger partial charge is 0.243 e. The zero-order valence-electron chi connectivity index (χ0n) is 15.3. The monoisotopic (exact) mass is 425 g/mol. The average molecular weight is 425 g/mol. The summed E-state index contributed by atoms with van der Waals surface area (Å²) in [6.07, 6.45) is 3.85. The summed E-state index contributed by atoms with van der Waals surface area (Å²) in [4.78, 5) is 23.8. The lowest BCUT2D eigenvalue weighted by Crippen LogP contribution is -2.34. The van der Waals surface area contributed by atoms with Crippen molar-refractivity contribution < 1.29 is 22.8 Å². The molecule has 0 atom stereocenters. The van der Waals surface area contributed by atoms with E-state index in [2.05, 4.69) is 27.4 Å². The predicted octanol–water partition coefficient (Wildman–Crippen LogP) is 2.61. The number of nitrogens with one attached hydrogen (secondary N) is 2. The van der Waals surface area contributed by atoms with Gasteiger partial charge >= 0.3 is 0 Å². The molecule has 154 valence electrons. The second-order valence-electron chi connectivity index (χ2n) is 6.35.